The molecule has 4 nitrogen and oxygen atoms in total. The number of halogens is 2. The molecule has 0 fully saturated rings. The van der Waals surface area contributed by atoms with E-state index in [2.05, 4.69) is 103 Å². The summed E-state index contributed by atoms with van der Waals surface area (Å²) in [6.45, 7) is 4.54. The third-order valence-corrected chi connectivity index (χ3v) is 15.2. The van der Waals surface area contributed by atoms with Crippen LogP contribution in [0.2, 0.25) is 0 Å². The lowest BCUT2D eigenvalue weighted by Gasteiger charge is -2.10. The summed E-state index contributed by atoms with van der Waals surface area (Å²) in [7, 11) is 0. The largest absolute Gasteiger partial charge is 0.242 e. The van der Waals surface area contributed by atoms with Crippen LogP contribution in [0.1, 0.15) is 75.0 Å². The molecule has 0 radical (unpaired) electrons. The number of fused-ring (bicyclic) bond motifs is 2. The molecule has 7 rings (SSSR count). The van der Waals surface area contributed by atoms with Crippen LogP contribution in [0.15, 0.2) is 57.5 Å². The van der Waals surface area contributed by atoms with Crippen molar-refractivity contribution < 1.29 is 0 Å². The van der Waals surface area contributed by atoms with Gasteiger partial charge in [-0.25, -0.2) is 9.97 Å². The van der Waals surface area contributed by atoms with Gasteiger partial charge in [0.2, 0.25) is 0 Å². The molecule has 0 unspecified atom stereocenters. The van der Waals surface area contributed by atoms with Crippen molar-refractivity contribution in [1.29, 1.82) is 0 Å². The van der Waals surface area contributed by atoms with Crippen molar-refractivity contribution in [2.24, 2.45) is 0 Å². The van der Waals surface area contributed by atoms with Crippen LogP contribution in [0.5, 0.6) is 0 Å². The van der Waals surface area contributed by atoms with Gasteiger partial charge >= 0.3 is 0 Å². The van der Waals surface area contributed by atoms with E-state index in [1.807, 2.05) is 22.7 Å². The Morgan fingerprint density at radius 3 is 1.32 bits per heavy atom. The highest BCUT2D eigenvalue weighted by Crippen LogP contribution is 2.46. The van der Waals surface area contributed by atoms with Crippen LogP contribution in [0.25, 0.3) is 62.7 Å². The number of benzene rings is 1. The van der Waals surface area contributed by atoms with E-state index in [1.165, 1.54) is 92.4 Å². The second kappa shape index (κ2) is 15.4. The van der Waals surface area contributed by atoms with Gasteiger partial charge in [-0.2, -0.15) is 8.75 Å². The minimum absolute atomic E-state index is 0.791. The molecule has 0 bridgehead atoms. The standard InChI is InChI=1S/C36H34Br2N4S5/c1-3-5-7-9-11-21-13-15-23(43-21)25-17-19-27(45-25)31-32(40-34-30(38)36-35(41-47-42-36)29(37)33(34)39-31)28-20-18-26(46-28)24-16-14-22(44-24)12-10-8-6-4-2/h13-20H,3-12H2,1-2H3. The Morgan fingerprint density at radius 2 is 0.872 bits per heavy atom. The minimum Gasteiger partial charge on any atom is -0.242 e. The van der Waals surface area contributed by atoms with Crippen LogP contribution in [0.4, 0.5) is 0 Å². The van der Waals surface area contributed by atoms with E-state index in [0.29, 0.717) is 0 Å². The van der Waals surface area contributed by atoms with Crippen molar-refractivity contribution in [1.82, 2.24) is 18.7 Å². The van der Waals surface area contributed by atoms with Crippen LogP contribution in [0, 0.1) is 0 Å². The third-order valence-electron chi connectivity index (χ3n) is 8.26. The lowest BCUT2D eigenvalue weighted by atomic mass is 10.1. The van der Waals surface area contributed by atoms with E-state index in [9.17, 15) is 0 Å². The molecule has 0 aliphatic carbocycles. The Hall–Kier alpha value is -1.86. The number of aryl methyl sites for hydroxylation is 2. The predicted molar refractivity (Wildman–Crippen MR) is 215 cm³/mol. The van der Waals surface area contributed by atoms with Gasteiger partial charge in [0, 0.05) is 29.3 Å². The maximum Gasteiger partial charge on any atom is 0.122 e. The number of rotatable bonds is 14. The second-order valence-electron chi connectivity index (χ2n) is 11.7. The van der Waals surface area contributed by atoms with Gasteiger partial charge in [0.25, 0.3) is 0 Å². The first-order valence-corrected chi connectivity index (χ1v) is 21.8. The van der Waals surface area contributed by atoms with E-state index in [1.54, 1.807) is 22.7 Å². The van der Waals surface area contributed by atoms with Crippen LogP contribution in [-0.4, -0.2) is 18.7 Å². The molecule has 0 N–H and O–H groups in total. The molecular formula is C36H34Br2N4S5. The summed E-state index contributed by atoms with van der Waals surface area (Å²) in [6, 6.07) is 18.1. The van der Waals surface area contributed by atoms with Crippen molar-refractivity contribution in [2.75, 3.05) is 0 Å². The first kappa shape index (κ1) is 33.6. The molecule has 0 aliphatic heterocycles. The highest BCUT2D eigenvalue weighted by Gasteiger charge is 2.23. The maximum absolute atomic E-state index is 5.34. The summed E-state index contributed by atoms with van der Waals surface area (Å²) in [5.74, 6) is 0. The summed E-state index contributed by atoms with van der Waals surface area (Å²) < 4.78 is 10.8. The monoisotopic (exact) mass is 840 g/mol. The molecule has 0 aliphatic rings. The average molecular weight is 843 g/mol. The molecule has 6 heterocycles. The van der Waals surface area contributed by atoms with Gasteiger partial charge in [-0.1, -0.05) is 52.4 Å². The molecule has 242 valence electrons. The predicted octanol–water partition coefficient (Wildman–Crippen LogP) is 14.3. The van der Waals surface area contributed by atoms with Gasteiger partial charge in [-0.05, 0) is 106 Å². The Bertz CT molecular complexity index is 1990. The normalized spacial score (nSPS) is 11.8. The van der Waals surface area contributed by atoms with Crippen LogP contribution < -0.4 is 0 Å². The van der Waals surface area contributed by atoms with Crippen LogP contribution in [-0.2, 0) is 12.8 Å². The Morgan fingerprint density at radius 1 is 0.468 bits per heavy atom. The first-order chi connectivity index (χ1) is 23.0. The lowest BCUT2D eigenvalue weighted by Crippen LogP contribution is -1.96. The Kier molecular flexibility index (Phi) is 11.0. The molecule has 0 amide bonds. The van der Waals surface area contributed by atoms with E-state index in [4.69, 9.17) is 9.97 Å². The van der Waals surface area contributed by atoms with Crippen molar-refractivity contribution >= 4 is 111 Å². The van der Waals surface area contributed by atoms with Gasteiger partial charge in [-0.15, -0.1) is 45.3 Å². The highest BCUT2D eigenvalue weighted by molar-refractivity contribution is 9.11. The average Bonchev–Trinajstić information content (AvgIpc) is 3.93. The van der Waals surface area contributed by atoms with E-state index < -0.39 is 0 Å². The third kappa shape index (κ3) is 7.23. The first-order valence-electron chi connectivity index (χ1n) is 16.2. The topological polar surface area (TPSA) is 51.6 Å². The Balaban J connectivity index is 1.26. The van der Waals surface area contributed by atoms with Crippen molar-refractivity contribution in [2.45, 2.75) is 78.1 Å². The fourth-order valence-corrected chi connectivity index (χ4v) is 11.9. The summed E-state index contributed by atoms with van der Waals surface area (Å²) in [5.41, 5.74) is 4.99. The van der Waals surface area contributed by atoms with Gasteiger partial charge in [0.15, 0.2) is 0 Å². The van der Waals surface area contributed by atoms with E-state index in [-0.39, 0.29) is 0 Å². The summed E-state index contributed by atoms with van der Waals surface area (Å²) in [4.78, 5) is 21.0. The summed E-state index contributed by atoms with van der Waals surface area (Å²) >= 11 is 16.3. The zero-order valence-electron chi connectivity index (χ0n) is 26.3. The molecule has 0 saturated carbocycles. The van der Waals surface area contributed by atoms with E-state index >= 15 is 0 Å². The number of aromatic nitrogens is 4. The fourth-order valence-electron chi connectivity index (χ4n) is 5.72. The summed E-state index contributed by atoms with van der Waals surface area (Å²) in [5, 5.41) is 0. The molecule has 47 heavy (non-hydrogen) atoms. The molecule has 6 aromatic heterocycles. The maximum atomic E-state index is 5.34. The molecule has 1 aromatic carbocycles. The number of unbranched alkanes of at least 4 members (excludes halogenated alkanes) is 6. The molecule has 11 heteroatoms. The number of thiophene rings is 4. The zero-order chi connectivity index (χ0) is 32.3. The quantitative estimate of drug-likeness (QED) is 0.102. The summed E-state index contributed by atoms with van der Waals surface area (Å²) in [6.07, 6.45) is 12.6. The number of nitrogens with zero attached hydrogens (tertiary/aromatic N) is 4. The fraction of sp³-hybridized carbons (Fsp3) is 0.333. The van der Waals surface area contributed by atoms with Crippen molar-refractivity contribution in [3.05, 3.63) is 67.2 Å². The molecule has 0 saturated heterocycles. The van der Waals surface area contributed by atoms with Gasteiger partial charge in [0.1, 0.15) is 33.5 Å². The molecular weight excluding hydrogens is 809 g/mol. The van der Waals surface area contributed by atoms with Crippen LogP contribution >= 0.6 is 88.9 Å². The van der Waals surface area contributed by atoms with Gasteiger partial charge in [0.05, 0.1) is 30.4 Å². The molecule has 0 atom stereocenters. The minimum atomic E-state index is 0.791. The number of hydrogen-bond acceptors (Lipinski definition) is 9. The smallest absolute Gasteiger partial charge is 0.122 e. The lowest BCUT2D eigenvalue weighted by molar-refractivity contribution is 0.670. The van der Waals surface area contributed by atoms with Crippen molar-refractivity contribution in [3.63, 3.8) is 0 Å². The zero-order valence-corrected chi connectivity index (χ0v) is 33.5. The molecule has 0 spiro atoms. The van der Waals surface area contributed by atoms with Crippen molar-refractivity contribution in [3.8, 4) is 40.7 Å². The molecule has 7 aromatic rings. The van der Waals surface area contributed by atoms with Gasteiger partial charge < -0.3 is 0 Å². The van der Waals surface area contributed by atoms with E-state index in [0.717, 1.165) is 65.0 Å². The SMILES string of the molecule is CCCCCCc1ccc(-c2ccc(-c3nc4c(Br)c5nsnc5c(Br)c4nc3-c3ccc(-c4ccc(CCCCCC)s4)s3)s2)s1. The second-order valence-corrected chi connectivity index (χ2v) is 18.3. The number of hydrogen-bond donors (Lipinski definition) is 0. The van der Waals surface area contributed by atoms with Crippen LogP contribution in [0.3, 0.4) is 0 Å². The Labute approximate surface area is 313 Å². The van der Waals surface area contributed by atoms with Gasteiger partial charge in [-0.3, -0.25) is 0 Å². The highest BCUT2D eigenvalue weighted by atomic mass is 79.9.